The van der Waals surface area contributed by atoms with E-state index in [1.54, 1.807) is 4.90 Å². The van der Waals surface area contributed by atoms with Crippen molar-refractivity contribution in [3.05, 3.63) is 41.6 Å². The Morgan fingerprint density at radius 3 is 2.42 bits per heavy atom. The number of carbonyl (C=O) groups excluding carboxylic acids is 3. The zero-order valence-electron chi connectivity index (χ0n) is 21.5. The highest BCUT2D eigenvalue weighted by Crippen LogP contribution is 2.34. The SMILES string of the molecule is CC(=O)Nc1ccn(C(=O)N2CCC(N(C)Cc3cc(OC(=O)C4CCCC4)cc(C(F)(F)F)c3)CC2)n1. The van der Waals surface area contributed by atoms with Crippen LogP contribution in [0.4, 0.5) is 23.8 Å². The maximum Gasteiger partial charge on any atom is 0.416 e. The Hall–Kier alpha value is -3.41. The van der Waals surface area contributed by atoms with Gasteiger partial charge >= 0.3 is 18.2 Å². The summed E-state index contributed by atoms with van der Waals surface area (Å²) in [5.74, 6) is -0.818. The van der Waals surface area contributed by atoms with Crippen molar-refractivity contribution in [2.45, 2.75) is 64.2 Å². The first-order chi connectivity index (χ1) is 18.0. The number of amides is 2. The highest BCUT2D eigenvalue weighted by molar-refractivity contribution is 5.88. The van der Waals surface area contributed by atoms with Crippen LogP contribution in [0.3, 0.4) is 0 Å². The van der Waals surface area contributed by atoms with Crippen LogP contribution in [0.2, 0.25) is 0 Å². The van der Waals surface area contributed by atoms with Crippen molar-refractivity contribution in [2.24, 2.45) is 5.92 Å². The molecule has 2 amide bonds. The molecule has 0 bridgehead atoms. The second kappa shape index (κ2) is 11.5. The summed E-state index contributed by atoms with van der Waals surface area (Å²) in [6.07, 6.45) is 1.41. The van der Waals surface area contributed by atoms with Crippen LogP contribution in [-0.4, -0.2) is 63.7 Å². The van der Waals surface area contributed by atoms with Crippen molar-refractivity contribution >= 4 is 23.7 Å². The molecule has 1 aliphatic heterocycles. The van der Waals surface area contributed by atoms with Crippen molar-refractivity contribution in [3.8, 4) is 5.75 Å². The number of rotatable bonds is 6. The number of alkyl halides is 3. The number of carbonyl (C=O) groups is 3. The summed E-state index contributed by atoms with van der Waals surface area (Å²) in [5, 5.41) is 6.60. The fourth-order valence-corrected chi connectivity index (χ4v) is 5.07. The van der Waals surface area contributed by atoms with E-state index >= 15 is 0 Å². The second-order valence-electron chi connectivity index (χ2n) is 10.0. The quantitative estimate of drug-likeness (QED) is 0.432. The van der Waals surface area contributed by atoms with Crippen LogP contribution in [0.1, 0.15) is 56.6 Å². The van der Waals surface area contributed by atoms with Crippen LogP contribution in [0, 0.1) is 5.92 Å². The number of anilines is 1. The summed E-state index contributed by atoms with van der Waals surface area (Å²) < 4.78 is 47.3. The monoisotopic (exact) mass is 535 g/mol. The fourth-order valence-electron chi connectivity index (χ4n) is 5.07. The Morgan fingerprint density at radius 2 is 1.79 bits per heavy atom. The van der Waals surface area contributed by atoms with Crippen LogP contribution in [0.15, 0.2) is 30.5 Å². The molecule has 0 radical (unpaired) electrons. The van der Waals surface area contributed by atoms with Crippen LogP contribution < -0.4 is 10.1 Å². The maximum absolute atomic E-state index is 13.6. The Bertz CT molecular complexity index is 1170. The smallest absolute Gasteiger partial charge is 0.416 e. The topological polar surface area (TPSA) is 96.8 Å². The number of aromatic nitrogens is 2. The lowest BCUT2D eigenvalue weighted by atomic mass is 10.0. The second-order valence-corrected chi connectivity index (χ2v) is 10.0. The summed E-state index contributed by atoms with van der Waals surface area (Å²) in [7, 11) is 1.83. The third-order valence-corrected chi connectivity index (χ3v) is 7.08. The van der Waals surface area contributed by atoms with E-state index in [0.29, 0.717) is 44.3 Å². The van der Waals surface area contributed by atoms with E-state index in [2.05, 4.69) is 10.4 Å². The van der Waals surface area contributed by atoms with Crippen LogP contribution >= 0.6 is 0 Å². The fraction of sp³-hybridized carbons (Fsp3) is 0.538. The number of halogens is 3. The molecule has 4 rings (SSSR count). The summed E-state index contributed by atoms with van der Waals surface area (Å²) in [4.78, 5) is 40.0. The van der Waals surface area contributed by atoms with Crippen molar-refractivity contribution in [3.63, 3.8) is 0 Å². The minimum absolute atomic E-state index is 0.0469. The molecule has 38 heavy (non-hydrogen) atoms. The predicted molar refractivity (Wildman–Crippen MR) is 132 cm³/mol. The molecule has 2 fully saturated rings. The van der Waals surface area contributed by atoms with Gasteiger partial charge in [-0.05, 0) is 56.5 Å². The van der Waals surface area contributed by atoms with E-state index < -0.39 is 17.7 Å². The third kappa shape index (κ3) is 6.91. The molecule has 0 atom stereocenters. The van der Waals surface area contributed by atoms with Gasteiger partial charge < -0.3 is 15.0 Å². The van der Waals surface area contributed by atoms with E-state index in [0.717, 1.165) is 25.0 Å². The lowest BCUT2D eigenvalue weighted by Gasteiger charge is -2.36. The van der Waals surface area contributed by atoms with Gasteiger partial charge in [-0.2, -0.15) is 17.9 Å². The van der Waals surface area contributed by atoms with Gasteiger partial charge in [0.1, 0.15) is 5.75 Å². The molecule has 9 nitrogen and oxygen atoms in total. The van der Waals surface area contributed by atoms with Crippen LogP contribution in [0.5, 0.6) is 5.75 Å². The van der Waals surface area contributed by atoms with Crippen LogP contribution in [-0.2, 0) is 22.3 Å². The van der Waals surface area contributed by atoms with E-state index in [9.17, 15) is 27.6 Å². The molecule has 0 spiro atoms. The average Bonchev–Trinajstić information content (AvgIpc) is 3.55. The number of likely N-dealkylation sites (tertiary alicyclic amines) is 1. The molecule has 12 heteroatoms. The summed E-state index contributed by atoms with van der Waals surface area (Å²) in [6, 6.07) is 4.75. The Kier molecular flexibility index (Phi) is 8.39. The number of ether oxygens (including phenoxy) is 1. The molecule has 2 heterocycles. The van der Waals surface area contributed by atoms with E-state index in [-0.39, 0.29) is 42.0 Å². The number of esters is 1. The lowest BCUT2D eigenvalue weighted by Crippen LogP contribution is -2.46. The minimum Gasteiger partial charge on any atom is -0.426 e. The third-order valence-electron chi connectivity index (χ3n) is 7.08. The average molecular weight is 536 g/mol. The molecule has 206 valence electrons. The minimum atomic E-state index is -4.57. The highest BCUT2D eigenvalue weighted by Gasteiger charge is 2.33. The zero-order valence-corrected chi connectivity index (χ0v) is 21.5. The molecule has 1 N–H and O–H groups in total. The van der Waals surface area contributed by atoms with Gasteiger partial charge in [0.25, 0.3) is 0 Å². The lowest BCUT2D eigenvalue weighted by molar-refractivity contribution is -0.140. The molecule has 2 aromatic rings. The van der Waals surface area contributed by atoms with Gasteiger partial charge in [0, 0.05) is 44.9 Å². The van der Waals surface area contributed by atoms with Gasteiger partial charge in [0.15, 0.2) is 5.82 Å². The molecule has 1 saturated carbocycles. The Labute approximate surface area is 218 Å². The molecular weight excluding hydrogens is 503 g/mol. The van der Waals surface area contributed by atoms with E-state index in [1.165, 1.54) is 29.9 Å². The first kappa shape index (κ1) is 27.6. The largest absolute Gasteiger partial charge is 0.426 e. The van der Waals surface area contributed by atoms with Gasteiger partial charge in [-0.15, -0.1) is 5.10 Å². The van der Waals surface area contributed by atoms with Gasteiger partial charge in [0.2, 0.25) is 5.91 Å². The van der Waals surface area contributed by atoms with Crippen LogP contribution in [0.25, 0.3) is 0 Å². The number of hydrogen-bond donors (Lipinski definition) is 1. The van der Waals surface area contributed by atoms with Gasteiger partial charge in [-0.25, -0.2) is 4.79 Å². The molecule has 1 aromatic carbocycles. The molecule has 1 aliphatic carbocycles. The normalized spacial score (nSPS) is 17.2. The number of piperidine rings is 1. The van der Waals surface area contributed by atoms with Crippen molar-refractivity contribution < 1.29 is 32.3 Å². The first-order valence-corrected chi connectivity index (χ1v) is 12.7. The first-order valence-electron chi connectivity index (χ1n) is 12.7. The van der Waals surface area contributed by atoms with Gasteiger partial charge in [-0.1, -0.05) is 12.8 Å². The Balaban J connectivity index is 1.37. The number of nitrogens with zero attached hydrogens (tertiary/aromatic N) is 4. The Morgan fingerprint density at radius 1 is 1.11 bits per heavy atom. The van der Waals surface area contributed by atoms with Crippen molar-refractivity contribution in [1.82, 2.24) is 19.6 Å². The number of benzene rings is 1. The maximum atomic E-state index is 13.6. The summed E-state index contributed by atoms with van der Waals surface area (Å²) in [6.45, 7) is 2.49. The predicted octanol–water partition coefficient (Wildman–Crippen LogP) is 4.52. The summed E-state index contributed by atoms with van der Waals surface area (Å²) in [5.41, 5.74) is -0.451. The molecule has 1 aromatic heterocycles. The summed E-state index contributed by atoms with van der Waals surface area (Å²) >= 11 is 0. The number of hydrogen-bond acceptors (Lipinski definition) is 6. The van der Waals surface area contributed by atoms with Crippen molar-refractivity contribution in [2.75, 3.05) is 25.5 Å². The zero-order chi connectivity index (χ0) is 27.4. The highest BCUT2D eigenvalue weighted by atomic mass is 19.4. The van der Waals surface area contributed by atoms with Gasteiger partial charge in [0.05, 0.1) is 11.5 Å². The van der Waals surface area contributed by atoms with Gasteiger partial charge in [-0.3, -0.25) is 14.5 Å². The van der Waals surface area contributed by atoms with E-state index in [1.807, 2.05) is 11.9 Å². The standard InChI is InChI=1S/C26H32F3N5O4/c1-17(35)30-23-9-12-34(31-23)25(37)33-10-7-21(8-11-33)32(2)16-18-13-20(26(27,28)29)15-22(14-18)38-24(36)19-5-3-4-6-19/h9,12-15,19,21H,3-8,10-11,16H2,1-2H3,(H,30,31,35). The van der Waals surface area contributed by atoms with E-state index in [4.69, 9.17) is 4.74 Å². The van der Waals surface area contributed by atoms with Crippen molar-refractivity contribution in [1.29, 1.82) is 0 Å². The molecule has 0 unspecified atom stereocenters. The molecular formula is C26H32F3N5O4. The molecule has 2 aliphatic rings. The number of nitrogens with one attached hydrogen (secondary N) is 1. The molecule has 1 saturated heterocycles.